The normalized spacial score (nSPS) is 13.3. The standard InChI is InChI=1S/C7H7NO2.Na/c9-7(10)8-6-4-2-1-3-5-6;/h2-4,8H,1H2,(H,9,10);/q;+1/p-1. The second kappa shape index (κ2) is 5.22. The van der Waals surface area contributed by atoms with Crippen molar-refractivity contribution in [1.29, 1.82) is 0 Å². The van der Waals surface area contributed by atoms with Crippen molar-refractivity contribution in [3.63, 3.8) is 0 Å². The van der Waals surface area contributed by atoms with E-state index in [0.717, 1.165) is 6.42 Å². The third kappa shape index (κ3) is 4.06. The summed E-state index contributed by atoms with van der Waals surface area (Å²) in [5, 5.41) is 12.0. The summed E-state index contributed by atoms with van der Waals surface area (Å²) < 4.78 is 0. The Bertz CT molecular complexity index is 239. The van der Waals surface area contributed by atoms with E-state index in [1.807, 2.05) is 6.08 Å². The van der Waals surface area contributed by atoms with Gasteiger partial charge in [-0.3, -0.25) is 0 Å². The second-order valence-corrected chi connectivity index (χ2v) is 1.81. The molecule has 4 heteroatoms. The molecule has 0 aliphatic heterocycles. The molecule has 1 N–H and O–H groups in total. The van der Waals surface area contributed by atoms with Crippen molar-refractivity contribution < 1.29 is 39.5 Å². The Kier molecular flexibility index (Phi) is 4.99. The summed E-state index contributed by atoms with van der Waals surface area (Å²) in [7, 11) is 0. The molecule has 52 valence electrons. The maximum atomic E-state index is 9.94. The van der Waals surface area contributed by atoms with Crippen LogP contribution < -0.4 is 40.0 Å². The van der Waals surface area contributed by atoms with E-state index in [1.54, 1.807) is 12.2 Å². The molecule has 0 atom stereocenters. The molecule has 0 saturated carbocycles. The molecule has 0 saturated heterocycles. The number of nitrogens with one attached hydrogen (secondary N) is 1. The number of allylic oxidation sites excluding steroid dienone is 2. The number of carbonyl (C=O) groups excluding carboxylic acids is 1. The van der Waals surface area contributed by atoms with E-state index in [4.69, 9.17) is 0 Å². The third-order valence-electron chi connectivity index (χ3n) is 1.03. The molecular formula is C7H6NNaO2. The molecule has 0 spiro atoms. The zero-order chi connectivity index (χ0) is 7.40. The molecule has 3 nitrogen and oxygen atoms in total. The van der Waals surface area contributed by atoms with Gasteiger partial charge in [-0.15, -0.1) is 0 Å². The molecule has 0 unspecified atom stereocenters. The van der Waals surface area contributed by atoms with E-state index in [0.29, 0.717) is 5.70 Å². The number of carbonyl (C=O) groups is 1. The maximum absolute atomic E-state index is 9.94. The summed E-state index contributed by atoms with van der Waals surface area (Å²) in [6.45, 7) is 0. The van der Waals surface area contributed by atoms with Crippen LogP contribution in [0.4, 0.5) is 4.79 Å². The summed E-state index contributed by atoms with van der Waals surface area (Å²) in [5.41, 5.74) is 3.16. The van der Waals surface area contributed by atoms with Crippen LogP contribution in [-0.2, 0) is 0 Å². The predicted octanol–water partition coefficient (Wildman–Crippen LogP) is -3.08. The van der Waals surface area contributed by atoms with E-state index in [2.05, 4.69) is 11.0 Å². The molecule has 1 aliphatic carbocycles. The molecule has 1 amide bonds. The van der Waals surface area contributed by atoms with Crippen LogP contribution in [0.3, 0.4) is 0 Å². The topological polar surface area (TPSA) is 52.2 Å². The van der Waals surface area contributed by atoms with Gasteiger partial charge in [0.25, 0.3) is 0 Å². The smallest absolute Gasteiger partial charge is 0.530 e. The van der Waals surface area contributed by atoms with E-state index < -0.39 is 6.09 Å². The van der Waals surface area contributed by atoms with Crippen molar-refractivity contribution in [2.45, 2.75) is 6.42 Å². The van der Waals surface area contributed by atoms with Gasteiger partial charge < -0.3 is 15.2 Å². The van der Waals surface area contributed by atoms with Gasteiger partial charge in [-0.05, 0) is 18.6 Å². The largest absolute Gasteiger partial charge is 1.00 e. The van der Waals surface area contributed by atoms with Crippen LogP contribution in [0.5, 0.6) is 0 Å². The van der Waals surface area contributed by atoms with Crippen LogP contribution in [0.15, 0.2) is 29.7 Å². The average Bonchev–Trinajstić information content (AvgIpc) is 1.88. The summed E-state index contributed by atoms with van der Waals surface area (Å²) >= 11 is 0. The number of hydrogen-bond acceptors (Lipinski definition) is 2. The fraction of sp³-hybridized carbons (Fsp3) is 0.143. The van der Waals surface area contributed by atoms with E-state index in [1.165, 1.54) is 0 Å². The SMILES string of the molecule is O=C([O-])NC1=C=CCC=C1.[Na+]. The van der Waals surface area contributed by atoms with Crippen LogP contribution in [0, 0.1) is 0 Å². The van der Waals surface area contributed by atoms with Crippen LogP contribution in [0.2, 0.25) is 0 Å². The summed E-state index contributed by atoms with van der Waals surface area (Å²) in [6, 6.07) is 0. The van der Waals surface area contributed by atoms with Gasteiger partial charge in [0.2, 0.25) is 0 Å². The first kappa shape index (κ1) is 10.5. The first-order chi connectivity index (χ1) is 4.79. The Morgan fingerprint density at radius 1 is 1.73 bits per heavy atom. The third-order valence-corrected chi connectivity index (χ3v) is 1.03. The molecule has 1 rings (SSSR count). The van der Waals surface area contributed by atoms with Gasteiger partial charge in [-0.2, -0.15) is 0 Å². The number of rotatable bonds is 1. The van der Waals surface area contributed by atoms with Gasteiger partial charge in [0, 0.05) is 0 Å². The summed E-state index contributed by atoms with van der Waals surface area (Å²) in [6.07, 6.45) is 4.73. The zero-order valence-electron chi connectivity index (χ0n) is 6.26. The van der Waals surface area contributed by atoms with Crippen molar-refractivity contribution in [3.8, 4) is 0 Å². The van der Waals surface area contributed by atoms with Crippen molar-refractivity contribution in [1.82, 2.24) is 5.32 Å². The predicted molar refractivity (Wildman–Crippen MR) is 33.9 cm³/mol. The molecule has 0 fully saturated rings. The van der Waals surface area contributed by atoms with Gasteiger partial charge in [0.15, 0.2) is 0 Å². The molecule has 0 bridgehead atoms. The Morgan fingerprint density at radius 3 is 2.91 bits per heavy atom. The minimum Gasteiger partial charge on any atom is -0.530 e. The van der Waals surface area contributed by atoms with Crippen molar-refractivity contribution in [2.75, 3.05) is 0 Å². The van der Waals surface area contributed by atoms with Crippen molar-refractivity contribution >= 4 is 6.09 Å². The Morgan fingerprint density at radius 2 is 2.45 bits per heavy atom. The van der Waals surface area contributed by atoms with Gasteiger partial charge in [0.1, 0.15) is 6.09 Å². The zero-order valence-corrected chi connectivity index (χ0v) is 8.26. The van der Waals surface area contributed by atoms with Crippen molar-refractivity contribution in [2.24, 2.45) is 0 Å². The number of amides is 1. The van der Waals surface area contributed by atoms with E-state index in [-0.39, 0.29) is 29.6 Å². The quantitative estimate of drug-likeness (QED) is 0.326. The molecule has 0 heterocycles. The molecule has 0 aromatic heterocycles. The maximum Gasteiger partial charge on any atom is 1.00 e. The van der Waals surface area contributed by atoms with Crippen LogP contribution >= 0.6 is 0 Å². The van der Waals surface area contributed by atoms with Gasteiger partial charge >= 0.3 is 29.6 Å². The van der Waals surface area contributed by atoms with Crippen LogP contribution in [0.1, 0.15) is 6.42 Å². The fourth-order valence-corrected chi connectivity index (χ4v) is 0.659. The van der Waals surface area contributed by atoms with E-state index >= 15 is 0 Å². The Hall–Kier alpha value is -0.470. The molecule has 0 radical (unpaired) electrons. The summed E-state index contributed by atoms with van der Waals surface area (Å²) in [5.74, 6) is 0. The van der Waals surface area contributed by atoms with Gasteiger partial charge in [-0.1, -0.05) is 11.8 Å². The second-order valence-electron chi connectivity index (χ2n) is 1.81. The molecular weight excluding hydrogens is 153 g/mol. The molecule has 1 aliphatic rings. The Labute approximate surface area is 86.8 Å². The minimum absolute atomic E-state index is 0. The Balaban J connectivity index is 0.000001000. The van der Waals surface area contributed by atoms with Crippen molar-refractivity contribution in [3.05, 3.63) is 29.7 Å². The molecule has 11 heavy (non-hydrogen) atoms. The summed E-state index contributed by atoms with van der Waals surface area (Å²) in [4.78, 5) is 9.94. The number of carboxylic acid groups (broad SMARTS) is 1. The average molecular weight is 159 g/mol. The number of hydrogen-bond donors (Lipinski definition) is 1. The van der Waals surface area contributed by atoms with Gasteiger partial charge in [0.05, 0.1) is 5.70 Å². The minimum atomic E-state index is -1.30. The monoisotopic (exact) mass is 159 g/mol. The fourth-order valence-electron chi connectivity index (χ4n) is 0.659. The van der Waals surface area contributed by atoms with Gasteiger partial charge in [-0.25, -0.2) is 0 Å². The molecule has 0 aromatic carbocycles. The first-order valence-electron chi connectivity index (χ1n) is 2.89. The van der Waals surface area contributed by atoms with Crippen LogP contribution in [-0.4, -0.2) is 6.09 Å². The van der Waals surface area contributed by atoms with E-state index in [9.17, 15) is 9.90 Å². The molecule has 0 aromatic rings. The first-order valence-corrected chi connectivity index (χ1v) is 2.89. The van der Waals surface area contributed by atoms with Crippen LogP contribution in [0.25, 0.3) is 0 Å².